The van der Waals surface area contributed by atoms with Crippen molar-refractivity contribution >= 4 is 5.97 Å². The van der Waals surface area contributed by atoms with Gasteiger partial charge >= 0.3 is 5.97 Å². The fourth-order valence-corrected chi connectivity index (χ4v) is 1.64. The summed E-state index contributed by atoms with van der Waals surface area (Å²) < 4.78 is 23.7. The molecule has 0 aliphatic heterocycles. The average molecular weight is 277 g/mol. The molecule has 20 heavy (non-hydrogen) atoms. The number of hydrogen-bond donors (Lipinski definition) is 1. The van der Waals surface area contributed by atoms with Crippen LogP contribution in [0, 0.1) is 5.82 Å². The van der Waals surface area contributed by atoms with E-state index in [-0.39, 0.29) is 12.4 Å². The van der Waals surface area contributed by atoms with Crippen molar-refractivity contribution in [3.05, 3.63) is 53.5 Å². The van der Waals surface area contributed by atoms with Crippen molar-refractivity contribution in [3.63, 3.8) is 0 Å². The lowest BCUT2D eigenvalue weighted by atomic mass is 10.2. The summed E-state index contributed by atoms with van der Waals surface area (Å²) in [6.45, 7) is 0.0148. The standard InChI is InChI=1S/C14H12FNO4/c1-19-12-7-2-4-9(16-12)8-20-11-6-3-5-10(15)13(11)14(17)18/h2-7H,8H2,1H3,(H,17,18). The van der Waals surface area contributed by atoms with Crippen LogP contribution in [0.15, 0.2) is 36.4 Å². The maximum atomic E-state index is 13.4. The van der Waals surface area contributed by atoms with Crippen molar-refractivity contribution < 1.29 is 23.8 Å². The third kappa shape index (κ3) is 3.03. The van der Waals surface area contributed by atoms with E-state index < -0.39 is 17.3 Å². The lowest BCUT2D eigenvalue weighted by molar-refractivity contribution is 0.0686. The van der Waals surface area contributed by atoms with Gasteiger partial charge in [-0.15, -0.1) is 0 Å². The molecular formula is C14H12FNO4. The molecule has 0 aliphatic rings. The van der Waals surface area contributed by atoms with Crippen molar-refractivity contribution in [2.45, 2.75) is 6.61 Å². The topological polar surface area (TPSA) is 68.7 Å². The molecule has 6 heteroatoms. The minimum Gasteiger partial charge on any atom is -0.486 e. The Morgan fingerprint density at radius 3 is 2.75 bits per heavy atom. The van der Waals surface area contributed by atoms with Crippen LogP contribution in [-0.4, -0.2) is 23.2 Å². The van der Waals surface area contributed by atoms with Crippen LogP contribution in [0.3, 0.4) is 0 Å². The largest absolute Gasteiger partial charge is 0.486 e. The van der Waals surface area contributed by atoms with Crippen LogP contribution in [0.25, 0.3) is 0 Å². The Bertz CT molecular complexity index is 630. The van der Waals surface area contributed by atoms with Gasteiger partial charge in [0.15, 0.2) is 0 Å². The molecule has 0 aliphatic carbocycles. The summed E-state index contributed by atoms with van der Waals surface area (Å²) in [4.78, 5) is 15.1. The highest BCUT2D eigenvalue weighted by Crippen LogP contribution is 2.22. The zero-order chi connectivity index (χ0) is 14.5. The fourth-order valence-electron chi connectivity index (χ4n) is 1.64. The van der Waals surface area contributed by atoms with Gasteiger partial charge in [0.1, 0.15) is 23.7 Å². The minimum atomic E-state index is -1.38. The predicted molar refractivity (Wildman–Crippen MR) is 68.5 cm³/mol. The lowest BCUT2D eigenvalue weighted by Crippen LogP contribution is -2.07. The number of halogens is 1. The first kappa shape index (κ1) is 13.8. The molecule has 5 nitrogen and oxygen atoms in total. The monoisotopic (exact) mass is 277 g/mol. The third-order valence-corrected chi connectivity index (χ3v) is 2.56. The summed E-state index contributed by atoms with van der Waals surface area (Å²) >= 11 is 0. The number of methoxy groups -OCH3 is 1. The number of benzene rings is 1. The van der Waals surface area contributed by atoms with E-state index in [4.69, 9.17) is 14.6 Å². The second-order valence-corrected chi connectivity index (χ2v) is 3.88. The van der Waals surface area contributed by atoms with Gasteiger partial charge in [0.25, 0.3) is 0 Å². The number of carboxylic acids is 1. The molecule has 0 saturated carbocycles. The van der Waals surface area contributed by atoms with E-state index in [0.717, 1.165) is 6.07 Å². The molecule has 0 saturated heterocycles. The van der Waals surface area contributed by atoms with Gasteiger partial charge in [-0.3, -0.25) is 0 Å². The van der Waals surface area contributed by atoms with E-state index in [9.17, 15) is 9.18 Å². The van der Waals surface area contributed by atoms with Gasteiger partial charge < -0.3 is 14.6 Å². The smallest absolute Gasteiger partial charge is 0.342 e. The molecule has 0 radical (unpaired) electrons. The van der Waals surface area contributed by atoms with Gasteiger partial charge in [0, 0.05) is 6.07 Å². The number of carbonyl (C=O) groups is 1. The summed E-state index contributed by atoms with van der Waals surface area (Å²) in [5.74, 6) is -1.84. The molecule has 1 aromatic carbocycles. The number of pyridine rings is 1. The number of aromatic carboxylic acids is 1. The van der Waals surface area contributed by atoms with Crippen LogP contribution in [0.4, 0.5) is 4.39 Å². The van der Waals surface area contributed by atoms with Crippen molar-refractivity contribution in [2.75, 3.05) is 7.11 Å². The van der Waals surface area contributed by atoms with Crippen molar-refractivity contribution in [2.24, 2.45) is 0 Å². The van der Waals surface area contributed by atoms with Crippen molar-refractivity contribution in [1.82, 2.24) is 4.98 Å². The number of hydrogen-bond acceptors (Lipinski definition) is 4. The van der Waals surface area contributed by atoms with Gasteiger partial charge in [0.05, 0.1) is 12.8 Å². The Balaban J connectivity index is 2.18. The van der Waals surface area contributed by atoms with Crippen LogP contribution >= 0.6 is 0 Å². The Morgan fingerprint density at radius 1 is 1.30 bits per heavy atom. The number of nitrogens with zero attached hydrogens (tertiary/aromatic N) is 1. The first-order valence-corrected chi connectivity index (χ1v) is 5.76. The molecule has 2 aromatic rings. The van der Waals surface area contributed by atoms with E-state index >= 15 is 0 Å². The van der Waals surface area contributed by atoms with E-state index in [2.05, 4.69) is 4.98 Å². The molecule has 0 amide bonds. The van der Waals surface area contributed by atoms with E-state index in [1.807, 2.05) is 0 Å². The van der Waals surface area contributed by atoms with Crippen molar-refractivity contribution in [3.8, 4) is 11.6 Å². The SMILES string of the molecule is COc1cccc(COc2cccc(F)c2C(=O)O)n1. The van der Waals surface area contributed by atoms with E-state index in [1.165, 1.54) is 19.2 Å². The molecular weight excluding hydrogens is 265 g/mol. The first-order chi connectivity index (χ1) is 9.61. The van der Waals surface area contributed by atoms with Crippen LogP contribution in [0.2, 0.25) is 0 Å². The van der Waals surface area contributed by atoms with E-state index in [0.29, 0.717) is 11.6 Å². The highest BCUT2D eigenvalue weighted by molar-refractivity contribution is 5.91. The molecule has 0 bridgehead atoms. The first-order valence-electron chi connectivity index (χ1n) is 5.76. The van der Waals surface area contributed by atoms with Crippen LogP contribution < -0.4 is 9.47 Å². The van der Waals surface area contributed by atoms with Crippen LogP contribution in [0.5, 0.6) is 11.6 Å². The van der Waals surface area contributed by atoms with Gasteiger partial charge in [-0.25, -0.2) is 14.2 Å². The Kier molecular flexibility index (Phi) is 4.14. The van der Waals surface area contributed by atoms with Crippen LogP contribution in [0.1, 0.15) is 16.1 Å². The molecule has 0 atom stereocenters. The quantitative estimate of drug-likeness (QED) is 0.909. The van der Waals surface area contributed by atoms with Gasteiger partial charge in [-0.1, -0.05) is 12.1 Å². The fraction of sp³-hybridized carbons (Fsp3) is 0.143. The lowest BCUT2D eigenvalue weighted by Gasteiger charge is -2.09. The third-order valence-electron chi connectivity index (χ3n) is 2.56. The molecule has 1 aromatic heterocycles. The zero-order valence-electron chi connectivity index (χ0n) is 10.7. The van der Waals surface area contributed by atoms with Crippen molar-refractivity contribution in [1.29, 1.82) is 0 Å². The highest BCUT2D eigenvalue weighted by Gasteiger charge is 2.17. The molecule has 1 N–H and O–H groups in total. The molecule has 104 valence electrons. The Hall–Kier alpha value is -2.63. The van der Waals surface area contributed by atoms with Gasteiger partial charge in [-0.05, 0) is 18.2 Å². The highest BCUT2D eigenvalue weighted by atomic mass is 19.1. The minimum absolute atomic E-state index is 0.0148. The summed E-state index contributed by atoms with van der Waals surface area (Å²) in [6, 6.07) is 8.95. The zero-order valence-corrected chi connectivity index (χ0v) is 10.7. The maximum absolute atomic E-state index is 13.4. The van der Waals surface area contributed by atoms with Gasteiger partial charge in [-0.2, -0.15) is 0 Å². The van der Waals surface area contributed by atoms with Gasteiger partial charge in [0.2, 0.25) is 5.88 Å². The Morgan fingerprint density at radius 2 is 2.05 bits per heavy atom. The average Bonchev–Trinajstić information content (AvgIpc) is 2.45. The molecule has 0 fully saturated rings. The molecule has 2 rings (SSSR count). The van der Waals surface area contributed by atoms with E-state index in [1.54, 1.807) is 18.2 Å². The molecule has 0 unspecified atom stereocenters. The second-order valence-electron chi connectivity index (χ2n) is 3.88. The summed E-state index contributed by atoms with van der Waals surface area (Å²) in [5.41, 5.74) is 0.0559. The predicted octanol–water partition coefficient (Wildman–Crippen LogP) is 2.51. The summed E-state index contributed by atoms with van der Waals surface area (Å²) in [5, 5.41) is 8.97. The number of ether oxygens (including phenoxy) is 2. The molecule has 0 spiro atoms. The number of carboxylic acid groups (broad SMARTS) is 1. The molecule has 1 heterocycles. The Labute approximate surface area is 114 Å². The number of aromatic nitrogens is 1. The second kappa shape index (κ2) is 6.01. The summed E-state index contributed by atoms with van der Waals surface area (Å²) in [7, 11) is 1.49. The number of rotatable bonds is 5. The maximum Gasteiger partial charge on any atom is 0.342 e. The van der Waals surface area contributed by atoms with Crippen LogP contribution in [-0.2, 0) is 6.61 Å². The summed E-state index contributed by atoms with van der Waals surface area (Å²) in [6.07, 6.45) is 0. The normalized spacial score (nSPS) is 10.1.